The van der Waals surface area contributed by atoms with Gasteiger partial charge in [0, 0.05) is 5.69 Å². The molecule has 27 heavy (non-hydrogen) atoms. The molecule has 3 rings (SSSR count). The minimum absolute atomic E-state index is 0.00965. The van der Waals surface area contributed by atoms with Gasteiger partial charge in [-0.2, -0.15) is 15.0 Å². The Morgan fingerprint density at radius 1 is 1.07 bits per heavy atom. The van der Waals surface area contributed by atoms with Crippen molar-refractivity contribution in [1.29, 1.82) is 0 Å². The van der Waals surface area contributed by atoms with Crippen LogP contribution in [0.2, 0.25) is 10.2 Å². The summed E-state index contributed by atoms with van der Waals surface area (Å²) < 4.78 is 5.15. The number of benzene rings is 1. The standard InChI is InChI=1S/C17H14Cl2N6O2/c1-9-2-4-10(5-3-9)21-17-24-13(23-16(20)25-17)8-27-15(26)14-11(18)6-7-12(19)22-14/h2-7H,8H2,1H3,(H3,20,21,23,24,25). The molecule has 138 valence electrons. The number of hydrogen-bond donors (Lipinski definition) is 2. The molecular formula is C17H14Cl2N6O2. The van der Waals surface area contributed by atoms with Crippen LogP contribution in [0.25, 0.3) is 0 Å². The van der Waals surface area contributed by atoms with Crippen LogP contribution >= 0.6 is 23.2 Å². The maximum atomic E-state index is 12.1. The Morgan fingerprint density at radius 2 is 1.81 bits per heavy atom. The molecule has 2 heterocycles. The molecule has 0 aliphatic carbocycles. The summed E-state index contributed by atoms with van der Waals surface area (Å²) in [5.41, 5.74) is 7.52. The fraction of sp³-hybridized carbons (Fsp3) is 0.118. The molecule has 0 atom stereocenters. The van der Waals surface area contributed by atoms with Crippen molar-refractivity contribution in [2.45, 2.75) is 13.5 Å². The predicted octanol–water partition coefficient (Wildman–Crippen LogP) is 3.56. The van der Waals surface area contributed by atoms with E-state index >= 15 is 0 Å². The van der Waals surface area contributed by atoms with Crippen LogP contribution in [0.3, 0.4) is 0 Å². The van der Waals surface area contributed by atoms with Gasteiger partial charge >= 0.3 is 5.97 Å². The third-order valence-corrected chi connectivity index (χ3v) is 3.86. The molecule has 0 saturated heterocycles. The smallest absolute Gasteiger partial charge is 0.358 e. The zero-order valence-corrected chi connectivity index (χ0v) is 15.6. The number of ether oxygens (including phenoxy) is 1. The molecule has 0 amide bonds. The van der Waals surface area contributed by atoms with Gasteiger partial charge in [0.1, 0.15) is 5.15 Å². The Labute approximate surface area is 164 Å². The van der Waals surface area contributed by atoms with Crippen molar-refractivity contribution in [3.8, 4) is 0 Å². The molecule has 0 aliphatic heterocycles. The number of nitrogens with one attached hydrogen (secondary N) is 1. The van der Waals surface area contributed by atoms with E-state index < -0.39 is 5.97 Å². The van der Waals surface area contributed by atoms with Gasteiger partial charge in [-0.3, -0.25) is 0 Å². The van der Waals surface area contributed by atoms with E-state index in [1.165, 1.54) is 12.1 Å². The Morgan fingerprint density at radius 3 is 2.56 bits per heavy atom. The second-order valence-electron chi connectivity index (χ2n) is 5.47. The summed E-state index contributed by atoms with van der Waals surface area (Å²) in [5, 5.41) is 3.27. The zero-order chi connectivity index (χ0) is 19.4. The normalized spacial score (nSPS) is 10.5. The van der Waals surface area contributed by atoms with Crippen molar-refractivity contribution in [1.82, 2.24) is 19.9 Å². The van der Waals surface area contributed by atoms with Crippen LogP contribution in [0.15, 0.2) is 36.4 Å². The number of esters is 1. The Kier molecular flexibility index (Phi) is 5.68. The molecule has 0 bridgehead atoms. The molecule has 3 N–H and O–H groups in total. The van der Waals surface area contributed by atoms with Crippen molar-refractivity contribution in [3.63, 3.8) is 0 Å². The molecule has 8 nitrogen and oxygen atoms in total. The lowest BCUT2D eigenvalue weighted by atomic mass is 10.2. The number of carbonyl (C=O) groups excluding carboxylic acids is 1. The van der Waals surface area contributed by atoms with Crippen molar-refractivity contribution in [2.75, 3.05) is 11.1 Å². The summed E-state index contributed by atoms with van der Waals surface area (Å²) >= 11 is 11.7. The van der Waals surface area contributed by atoms with Crippen LogP contribution in [0.5, 0.6) is 0 Å². The summed E-state index contributed by atoms with van der Waals surface area (Å²) in [6.07, 6.45) is 0. The summed E-state index contributed by atoms with van der Waals surface area (Å²) in [4.78, 5) is 28.1. The average Bonchev–Trinajstić information content (AvgIpc) is 2.63. The molecule has 10 heteroatoms. The number of nitrogens with zero attached hydrogens (tertiary/aromatic N) is 4. The summed E-state index contributed by atoms with van der Waals surface area (Å²) in [6.45, 7) is 1.75. The van der Waals surface area contributed by atoms with Gasteiger partial charge in [0.2, 0.25) is 11.9 Å². The van der Waals surface area contributed by atoms with E-state index in [9.17, 15) is 4.79 Å². The van der Waals surface area contributed by atoms with Crippen LogP contribution in [0.4, 0.5) is 17.6 Å². The highest BCUT2D eigenvalue weighted by atomic mass is 35.5. The summed E-state index contributed by atoms with van der Waals surface area (Å²) in [5.74, 6) is -0.362. The number of anilines is 3. The Bertz CT molecular complexity index is 982. The number of pyridine rings is 1. The Balaban J connectivity index is 1.71. The zero-order valence-electron chi connectivity index (χ0n) is 14.1. The van der Waals surface area contributed by atoms with E-state index in [4.69, 9.17) is 33.7 Å². The first-order valence-electron chi connectivity index (χ1n) is 7.74. The second-order valence-corrected chi connectivity index (χ2v) is 6.26. The van der Waals surface area contributed by atoms with E-state index in [0.717, 1.165) is 11.3 Å². The summed E-state index contributed by atoms with van der Waals surface area (Å²) in [6, 6.07) is 10.6. The van der Waals surface area contributed by atoms with Gasteiger partial charge in [-0.1, -0.05) is 40.9 Å². The first-order chi connectivity index (χ1) is 12.9. The minimum Gasteiger partial charge on any atom is -0.453 e. The molecule has 2 aromatic heterocycles. The topological polar surface area (TPSA) is 116 Å². The lowest BCUT2D eigenvalue weighted by Gasteiger charge is -2.08. The van der Waals surface area contributed by atoms with Crippen LogP contribution in [-0.2, 0) is 11.3 Å². The van der Waals surface area contributed by atoms with Crippen LogP contribution in [-0.4, -0.2) is 25.9 Å². The van der Waals surface area contributed by atoms with Crippen molar-refractivity contribution < 1.29 is 9.53 Å². The number of aromatic nitrogens is 4. The number of aryl methyl sites for hydroxylation is 1. The minimum atomic E-state index is -0.755. The van der Waals surface area contributed by atoms with E-state index in [0.29, 0.717) is 0 Å². The number of nitrogen functional groups attached to an aromatic ring is 1. The number of carbonyl (C=O) groups is 1. The van der Waals surface area contributed by atoms with Crippen molar-refractivity contribution >= 4 is 46.8 Å². The highest BCUT2D eigenvalue weighted by Crippen LogP contribution is 2.18. The molecule has 0 radical (unpaired) electrons. The molecule has 3 aromatic rings. The first-order valence-corrected chi connectivity index (χ1v) is 8.49. The van der Waals surface area contributed by atoms with Gasteiger partial charge in [0.15, 0.2) is 18.1 Å². The van der Waals surface area contributed by atoms with Crippen LogP contribution in [0, 0.1) is 6.92 Å². The highest BCUT2D eigenvalue weighted by molar-refractivity contribution is 6.34. The van der Waals surface area contributed by atoms with Gasteiger partial charge in [-0.15, -0.1) is 0 Å². The molecule has 0 fully saturated rings. The highest BCUT2D eigenvalue weighted by Gasteiger charge is 2.16. The largest absolute Gasteiger partial charge is 0.453 e. The molecule has 0 unspecified atom stereocenters. The van der Waals surface area contributed by atoms with E-state index in [1.807, 2.05) is 31.2 Å². The van der Waals surface area contributed by atoms with Gasteiger partial charge in [0.25, 0.3) is 0 Å². The number of nitrogens with two attached hydrogens (primary N) is 1. The number of halogens is 2. The maximum Gasteiger partial charge on any atom is 0.358 e. The lowest BCUT2D eigenvalue weighted by Crippen LogP contribution is -2.12. The second kappa shape index (κ2) is 8.15. The van der Waals surface area contributed by atoms with Gasteiger partial charge in [-0.25, -0.2) is 9.78 Å². The van der Waals surface area contributed by atoms with Gasteiger partial charge < -0.3 is 15.8 Å². The number of hydrogen-bond acceptors (Lipinski definition) is 8. The van der Waals surface area contributed by atoms with Crippen molar-refractivity contribution in [2.24, 2.45) is 0 Å². The molecule has 0 spiro atoms. The quantitative estimate of drug-likeness (QED) is 0.489. The third kappa shape index (κ3) is 5.02. The van der Waals surface area contributed by atoms with Gasteiger partial charge in [0.05, 0.1) is 5.02 Å². The monoisotopic (exact) mass is 404 g/mol. The average molecular weight is 405 g/mol. The fourth-order valence-corrected chi connectivity index (χ4v) is 2.41. The predicted molar refractivity (Wildman–Crippen MR) is 102 cm³/mol. The molecule has 0 saturated carbocycles. The third-order valence-electron chi connectivity index (χ3n) is 3.34. The van der Waals surface area contributed by atoms with E-state index in [1.54, 1.807) is 0 Å². The molecule has 0 aliphatic rings. The molecular weight excluding hydrogens is 391 g/mol. The van der Waals surface area contributed by atoms with E-state index in [-0.39, 0.29) is 40.2 Å². The first kappa shape index (κ1) is 18.8. The summed E-state index contributed by atoms with van der Waals surface area (Å²) in [7, 11) is 0. The Hall–Kier alpha value is -2.97. The van der Waals surface area contributed by atoms with Crippen LogP contribution in [0.1, 0.15) is 21.9 Å². The fourth-order valence-electron chi connectivity index (χ4n) is 2.08. The SMILES string of the molecule is Cc1ccc(Nc2nc(N)nc(COC(=O)c3nc(Cl)ccc3Cl)n2)cc1. The number of rotatable bonds is 5. The maximum absolute atomic E-state index is 12.1. The van der Waals surface area contributed by atoms with Gasteiger partial charge in [-0.05, 0) is 31.2 Å². The van der Waals surface area contributed by atoms with Crippen LogP contribution < -0.4 is 11.1 Å². The van der Waals surface area contributed by atoms with E-state index in [2.05, 4.69) is 25.3 Å². The lowest BCUT2D eigenvalue weighted by molar-refractivity contribution is 0.0455. The van der Waals surface area contributed by atoms with Crippen molar-refractivity contribution in [3.05, 3.63) is 63.7 Å². The molecule has 1 aromatic carbocycles.